The van der Waals surface area contributed by atoms with Gasteiger partial charge in [-0.05, 0) is 30.8 Å². The number of nitrogens with zero attached hydrogens (tertiary/aromatic N) is 1. The van der Waals surface area contributed by atoms with Gasteiger partial charge >= 0.3 is 0 Å². The van der Waals surface area contributed by atoms with Crippen molar-refractivity contribution >= 4 is 40.8 Å². The topological polar surface area (TPSA) is 63.8 Å². The number of carbonyl (C=O) groups is 1. The number of nitrogens with one attached hydrogen (secondary N) is 1. The minimum absolute atomic E-state index is 0.303. The lowest BCUT2D eigenvalue weighted by Crippen LogP contribution is -2.11. The van der Waals surface area contributed by atoms with Crippen LogP contribution in [0.3, 0.4) is 0 Å². The van der Waals surface area contributed by atoms with Crippen molar-refractivity contribution in [1.29, 1.82) is 0 Å². The number of carbonyl (C=O) groups excluding carboxylic acids is 1. The molecule has 6 heteroatoms. The molecule has 2 aromatic rings. The van der Waals surface area contributed by atoms with Gasteiger partial charge in [-0.1, -0.05) is 17.7 Å². The molecule has 0 radical (unpaired) electrons. The van der Waals surface area contributed by atoms with Gasteiger partial charge in [-0.25, -0.2) is 0 Å². The molecular weight excluding hydrogens is 258 g/mol. The number of hydrogen-bond donors (Lipinski definition) is 2. The Hall–Kier alpha value is -1.33. The quantitative estimate of drug-likeness (QED) is 0.838. The Balaban J connectivity index is 2.36. The van der Waals surface area contributed by atoms with E-state index in [0.29, 0.717) is 29.2 Å². The van der Waals surface area contributed by atoms with Gasteiger partial charge in [0, 0.05) is 13.0 Å². The van der Waals surface area contributed by atoms with Crippen LogP contribution in [0.15, 0.2) is 18.2 Å². The summed E-state index contributed by atoms with van der Waals surface area (Å²) in [6, 6.07) is 5.60. The van der Waals surface area contributed by atoms with E-state index in [1.54, 1.807) is 0 Å². The summed E-state index contributed by atoms with van der Waals surface area (Å²) >= 11 is 11.4. The van der Waals surface area contributed by atoms with Crippen LogP contribution in [0, 0.1) is 4.77 Å². The highest BCUT2D eigenvalue weighted by Crippen LogP contribution is 2.23. The minimum Gasteiger partial charge on any atom is -0.370 e. The second-order valence-corrected chi connectivity index (χ2v) is 4.58. The molecule has 1 aromatic heterocycles. The van der Waals surface area contributed by atoms with Crippen LogP contribution in [0.1, 0.15) is 12.8 Å². The van der Waals surface area contributed by atoms with Gasteiger partial charge in [0.25, 0.3) is 0 Å². The first-order chi connectivity index (χ1) is 8.09. The predicted octanol–water partition coefficient (Wildman–Crippen LogP) is 2.62. The molecule has 0 spiro atoms. The van der Waals surface area contributed by atoms with E-state index in [4.69, 9.17) is 29.6 Å². The Morgan fingerprint density at radius 2 is 2.29 bits per heavy atom. The molecule has 90 valence electrons. The fourth-order valence-electron chi connectivity index (χ4n) is 1.80. The maximum Gasteiger partial charge on any atom is 0.217 e. The van der Waals surface area contributed by atoms with Crippen LogP contribution in [0.4, 0.5) is 0 Å². The summed E-state index contributed by atoms with van der Waals surface area (Å²) < 4.78 is 2.51. The molecule has 0 unspecified atom stereocenters. The highest BCUT2D eigenvalue weighted by Gasteiger charge is 2.07. The van der Waals surface area contributed by atoms with E-state index in [1.807, 2.05) is 22.8 Å². The van der Waals surface area contributed by atoms with Crippen molar-refractivity contribution < 1.29 is 4.79 Å². The summed E-state index contributed by atoms with van der Waals surface area (Å²) in [5.41, 5.74) is 6.89. The summed E-state index contributed by atoms with van der Waals surface area (Å²) in [5, 5.41) is 0.647. The molecule has 0 bridgehead atoms. The Morgan fingerprint density at radius 1 is 1.53 bits per heavy atom. The van der Waals surface area contributed by atoms with Crippen LogP contribution in [0.2, 0.25) is 5.02 Å². The van der Waals surface area contributed by atoms with Gasteiger partial charge in [0.2, 0.25) is 5.91 Å². The number of aromatic nitrogens is 2. The van der Waals surface area contributed by atoms with E-state index in [2.05, 4.69) is 4.98 Å². The third kappa shape index (κ3) is 2.50. The molecule has 4 nitrogen and oxygen atoms in total. The molecule has 0 saturated heterocycles. The number of para-hydroxylation sites is 1. The van der Waals surface area contributed by atoms with Gasteiger partial charge in [0.1, 0.15) is 0 Å². The number of amides is 1. The SMILES string of the molecule is NC(=O)CCCn1c(=S)[nH]c2cccc(Cl)c21. The second kappa shape index (κ2) is 4.89. The highest BCUT2D eigenvalue weighted by atomic mass is 35.5. The van der Waals surface area contributed by atoms with Crippen LogP contribution in [-0.4, -0.2) is 15.5 Å². The molecule has 0 aliphatic rings. The smallest absolute Gasteiger partial charge is 0.217 e. The number of H-pyrrole nitrogens is 1. The number of fused-ring (bicyclic) bond motifs is 1. The van der Waals surface area contributed by atoms with E-state index < -0.39 is 0 Å². The number of aromatic amines is 1. The van der Waals surface area contributed by atoms with Crippen LogP contribution >= 0.6 is 23.8 Å². The van der Waals surface area contributed by atoms with Crippen molar-refractivity contribution in [1.82, 2.24) is 9.55 Å². The first-order valence-corrected chi connectivity index (χ1v) is 6.03. The zero-order valence-corrected chi connectivity index (χ0v) is 10.6. The van der Waals surface area contributed by atoms with Crippen molar-refractivity contribution in [3.8, 4) is 0 Å². The summed E-state index contributed by atoms with van der Waals surface area (Å²) in [6.07, 6.45) is 1.00. The number of hydrogen-bond acceptors (Lipinski definition) is 2. The molecule has 0 atom stereocenters. The third-order valence-corrected chi connectivity index (χ3v) is 3.18. The number of primary amides is 1. The average molecular weight is 270 g/mol. The van der Waals surface area contributed by atoms with E-state index >= 15 is 0 Å². The molecule has 0 saturated carbocycles. The van der Waals surface area contributed by atoms with Gasteiger partial charge in [0.15, 0.2) is 4.77 Å². The molecule has 1 heterocycles. The number of rotatable bonds is 4. The third-order valence-electron chi connectivity index (χ3n) is 2.55. The van der Waals surface area contributed by atoms with Crippen LogP contribution in [0.25, 0.3) is 11.0 Å². The zero-order chi connectivity index (χ0) is 12.4. The van der Waals surface area contributed by atoms with Crippen LogP contribution in [-0.2, 0) is 11.3 Å². The standard InChI is InChI=1S/C11H12ClN3OS/c12-7-3-1-4-8-10(7)15(11(17)14-8)6-2-5-9(13)16/h1,3-4H,2,5-6H2,(H2,13,16)(H,14,17). The number of halogens is 1. The van der Waals surface area contributed by atoms with Gasteiger partial charge < -0.3 is 15.3 Å². The summed E-state index contributed by atoms with van der Waals surface area (Å²) in [7, 11) is 0. The summed E-state index contributed by atoms with van der Waals surface area (Å²) in [4.78, 5) is 13.8. The molecule has 0 aliphatic heterocycles. The molecule has 17 heavy (non-hydrogen) atoms. The van der Waals surface area contributed by atoms with E-state index in [9.17, 15) is 4.79 Å². The Kier molecular flexibility index (Phi) is 3.49. The maximum atomic E-state index is 10.7. The lowest BCUT2D eigenvalue weighted by atomic mass is 10.3. The van der Waals surface area contributed by atoms with E-state index in [1.165, 1.54) is 0 Å². The van der Waals surface area contributed by atoms with Crippen molar-refractivity contribution in [3.05, 3.63) is 28.0 Å². The normalized spacial score (nSPS) is 10.9. The molecule has 0 aliphatic carbocycles. The zero-order valence-electron chi connectivity index (χ0n) is 9.07. The minimum atomic E-state index is -0.303. The van der Waals surface area contributed by atoms with Crippen molar-refractivity contribution in [2.75, 3.05) is 0 Å². The van der Waals surface area contributed by atoms with Crippen molar-refractivity contribution in [2.45, 2.75) is 19.4 Å². The van der Waals surface area contributed by atoms with E-state index in [0.717, 1.165) is 11.0 Å². The molecular formula is C11H12ClN3OS. The molecule has 1 amide bonds. The van der Waals surface area contributed by atoms with Gasteiger partial charge in [-0.15, -0.1) is 0 Å². The second-order valence-electron chi connectivity index (χ2n) is 3.79. The van der Waals surface area contributed by atoms with Crippen molar-refractivity contribution in [3.63, 3.8) is 0 Å². The number of benzene rings is 1. The lowest BCUT2D eigenvalue weighted by Gasteiger charge is -2.04. The largest absolute Gasteiger partial charge is 0.370 e. The maximum absolute atomic E-state index is 10.7. The van der Waals surface area contributed by atoms with Gasteiger partial charge in [0.05, 0.1) is 16.1 Å². The first-order valence-electron chi connectivity index (χ1n) is 5.25. The number of nitrogens with two attached hydrogens (primary N) is 1. The van der Waals surface area contributed by atoms with Crippen LogP contribution in [0.5, 0.6) is 0 Å². The number of imidazole rings is 1. The monoisotopic (exact) mass is 269 g/mol. The Bertz CT molecular complexity index is 617. The fraction of sp³-hybridized carbons (Fsp3) is 0.273. The molecule has 2 rings (SSSR count). The summed E-state index contributed by atoms with van der Waals surface area (Å²) in [6.45, 7) is 0.630. The Morgan fingerprint density at radius 3 is 3.00 bits per heavy atom. The first kappa shape index (κ1) is 12.1. The van der Waals surface area contributed by atoms with Gasteiger partial charge in [-0.3, -0.25) is 4.79 Å². The summed E-state index contributed by atoms with van der Waals surface area (Å²) in [5.74, 6) is -0.303. The fourth-order valence-corrected chi connectivity index (χ4v) is 2.37. The average Bonchev–Trinajstić information content (AvgIpc) is 2.56. The predicted molar refractivity (Wildman–Crippen MR) is 70.6 cm³/mol. The molecule has 0 fully saturated rings. The van der Waals surface area contributed by atoms with Crippen molar-refractivity contribution in [2.24, 2.45) is 5.73 Å². The highest BCUT2D eigenvalue weighted by molar-refractivity contribution is 7.71. The van der Waals surface area contributed by atoms with E-state index in [-0.39, 0.29) is 5.91 Å². The van der Waals surface area contributed by atoms with Crippen LogP contribution < -0.4 is 5.73 Å². The lowest BCUT2D eigenvalue weighted by molar-refractivity contribution is -0.118. The number of aryl methyl sites for hydroxylation is 1. The molecule has 3 N–H and O–H groups in total. The van der Waals surface area contributed by atoms with Gasteiger partial charge in [-0.2, -0.15) is 0 Å². The Labute approximate surface area is 108 Å². The molecule has 1 aromatic carbocycles.